The number of halogens is 1. The van der Waals surface area contributed by atoms with Crippen LogP contribution in [-0.4, -0.2) is 11.6 Å². The van der Waals surface area contributed by atoms with Crippen molar-refractivity contribution in [3.63, 3.8) is 0 Å². The first-order chi connectivity index (χ1) is 7.27. The highest BCUT2D eigenvalue weighted by Gasteiger charge is 2.01. The number of aryl methyl sites for hydroxylation is 1. The summed E-state index contributed by atoms with van der Waals surface area (Å²) in [6.45, 7) is 4.88. The number of aromatic nitrogens is 1. The van der Waals surface area contributed by atoms with Crippen molar-refractivity contribution >= 4 is 11.6 Å². The van der Waals surface area contributed by atoms with Crippen molar-refractivity contribution in [1.29, 1.82) is 0 Å². The summed E-state index contributed by atoms with van der Waals surface area (Å²) in [6.07, 6.45) is 3.51. The maximum absolute atomic E-state index is 5.75. The Hall–Kier alpha value is -0.760. The Morgan fingerprint density at radius 2 is 2.13 bits per heavy atom. The van der Waals surface area contributed by atoms with Crippen LogP contribution >= 0.6 is 11.6 Å². The van der Waals surface area contributed by atoms with Gasteiger partial charge in [-0.05, 0) is 18.9 Å². The molecule has 0 radical (unpaired) electrons. The average molecular weight is 228 g/mol. The molecule has 84 valence electrons. The summed E-state index contributed by atoms with van der Waals surface area (Å²) in [5, 5.41) is 0. The van der Waals surface area contributed by atoms with Gasteiger partial charge in [-0.1, -0.05) is 25.8 Å². The number of unbranched alkanes of at least 4 members (excludes halogenated alkanes) is 2. The van der Waals surface area contributed by atoms with E-state index in [1.165, 1.54) is 12.8 Å². The Kier molecular flexibility index (Phi) is 5.48. The van der Waals surface area contributed by atoms with Gasteiger partial charge in [-0.15, -0.1) is 11.6 Å². The summed E-state index contributed by atoms with van der Waals surface area (Å²) in [6, 6.07) is 3.86. The highest BCUT2D eigenvalue weighted by Crippen LogP contribution is 2.14. The van der Waals surface area contributed by atoms with Gasteiger partial charge in [-0.25, -0.2) is 4.98 Å². The molecule has 0 aliphatic heterocycles. The molecule has 2 nitrogen and oxygen atoms in total. The number of rotatable bonds is 6. The molecule has 0 aliphatic carbocycles. The molecule has 0 saturated heterocycles. The molecule has 0 N–H and O–H groups in total. The van der Waals surface area contributed by atoms with E-state index >= 15 is 0 Å². The van der Waals surface area contributed by atoms with Crippen LogP contribution in [0, 0.1) is 6.92 Å². The Balaban J connectivity index is 2.45. The molecular formula is C12H18ClNO. The van der Waals surface area contributed by atoms with Crippen molar-refractivity contribution < 1.29 is 4.74 Å². The fourth-order valence-electron chi connectivity index (χ4n) is 1.32. The highest BCUT2D eigenvalue weighted by molar-refractivity contribution is 6.17. The van der Waals surface area contributed by atoms with Crippen molar-refractivity contribution in [2.45, 2.75) is 39.0 Å². The summed E-state index contributed by atoms with van der Waals surface area (Å²) >= 11 is 5.75. The fraction of sp³-hybridized carbons (Fsp3) is 0.583. The summed E-state index contributed by atoms with van der Waals surface area (Å²) in [7, 11) is 0. The summed E-state index contributed by atoms with van der Waals surface area (Å²) in [5.41, 5.74) is 2.02. The van der Waals surface area contributed by atoms with Crippen LogP contribution in [0.4, 0.5) is 0 Å². The second-order valence-electron chi connectivity index (χ2n) is 3.58. The van der Waals surface area contributed by atoms with Gasteiger partial charge >= 0.3 is 0 Å². The van der Waals surface area contributed by atoms with E-state index in [4.69, 9.17) is 16.3 Å². The van der Waals surface area contributed by atoms with Gasteiger partial charge in [0, 0.05) is 17.6 Å². The minimum absolute atomic E-state index is 0.509. The molecule has 15 heavy (non-hydrogen) atoms. The van der Waals surface area contributed by atoms with Gasteiger partial charge < -0.3 is 4.74 Å². The minimum Gasteiger partial charge on any atom is -0.478 e. The van der Waals surface area contributed by atoms with Crippen molar-refractivity contribution in [2.24, 2.45) is 0 Å². The monoisotopic (exact) mass is 227 g/mol. The predicted octanol–water partition coefficient (Wildman–Crippen LogP) is 3.70. The van der Waals surface area contributed by atoms with Crippen molar-refractivity contribution in [2.75, 3.05) is 6.61 Å². The SMILES string of the molecule is CCCCCOc1ccc(CCl)c(C)n1. The number of hydrogen-bond donors (Lipinski definition) is 0. The molecule has 0 bridgehead atoms. The molecule has 3 heteroatoms. The molecule has 0 atom stereocenters. The number of ether oxygens (including phenoxy) is 1. The van der Waals surface area contributed by atoms with E-state index in [2.05, 4.69) is 11.9 Å². The van der Waals surface area contributed by atoms with Crippen LogP contribution in [0.3, 0.4) is 0 Å². The van der Waals surface area contributed by atoms with Gasteiger partial charge in [-0.3, -0.25) is 0 Å². The first-order valence-electron chi connectivity index (χ1n) is 5.43. The molecule has 0 aliphatic rings. The molecule has 0 fully saturated rings. The second kappa shape index (κ2) is 6.67. The topological polar surface area (TPSA) is 22.1 Å². The van der Waals surface area contributed by atoms with Gasteiger partial charge in [-0.2, -0.15) is 0 Å². The van der Waals surface area contributed by atoms with E-state index < -0.39 is 0 Å². The van der Waals surface area contributed by atoms with Crippen LogP contribution in [0.5, 0.6) is 5.88 Å². The van der Waals surface area contributed by atoms with Crippen LogP contribution in [0.15, 0.2) is 12.1 Å². The lowest BCUT2D eigenvalue weighted by Crippen LogP contribution is -2.00. The number of hydrogen-bond acceptors (Lipinski definition) is 2. The third-order valence-electron chi connectivity index (χ3n) is 2.31. The van der Waals surface area contributed by atoms with E-state index in [1.807, 2.05) is 19.1 Å². The highest BCUT2D eigenvalue weighted by atomic mass is 35.5. The third-order valence-corrected chi connectivity index (χ3v) is 2.60. The number of pyridine rings is 1. The smallest absolute Gasteiger partial charge is 0.213 e. The quantitative estimate of drug-likeness (QED) is 0.546. The molecule has 0 aromatic carbocycles. The van der Waals surface area contributed by atoms with Gasteiger partial charge in [0.2, 0.25) is 5.88 Å². The van der Waals surface area contributed by atoms with E-state index in [0.29, 0.717) is 11.8 Å². The van der Waals surface area contributed by atoms with E-state index in [-0.39, 0.29) is 0 Å². The fourth-order valence-corrected chi connectivity index (χ4v) is 1.60. The molecule has 1 heterocycles. The largest absolute Gasteiger partial charge is 0.478 e. The van der Waals surface area contributed by atoms with Crippen LogP contribution < -0.4 is 4.74 Å². The van der Waals surface area contributed by atoms with Crippen LogP contribution in [0.1, 0.15) is 37.4 Å². The molecule has 0 saturated carbocycles. The predicted molar refractivity (Wildman–Crippen MR) is 63.6 cm³/mol. The Morgan fingerprint density at radius 1 is 1.33 bits per heavy atom. The molecule has 1 aromatic heterocycles. The summed E-state index contributed by atoms with van der Waals surface area (Å²) in [5.74, 6) is 1.21. The number of nitrogens with zero attached hydrogens (tertiary/aromatic N) is 1. The first kappa shape index (κ1) is 12.3. The Bertz CT molecular complexity index is 302. The van der Waals surface area contributed by atoms with Gasteiger partial charge in [0.25, 0.3) is 0 Å². The van der Waals surface area contributed by atoms with Crippen molar-refractivity contribution in [3.05, 3.63) is 23.4 Å². The standard InChI is InChI=1S/C12H18ClNO/c1-3-4-5-8-15-12-7-6-11(9-13)10(2)14-12/h6-7H,3-5,8-9H2,1-2H3. The summed E-state index contributed by atoms with van der Waals surface area (Å²) < 4.78 is 5.53. The summed E-state index contributed by atoms with van der Waals surface area (Å²) in [4.78, 5) is 4.33. The van der Waals surface area contributed by atoms with Crippen molar-refractivity contribution in [1.82, 2.24) is 4.98 Å². The van der Waals surface area contributed by atoms with Crippen LogP contribution in [0.25, 0.3) is 0 Å². The maximum atomic E-state index is 5.75. The first-order valence-corrected chi connectivity index (χ1v) is 5.96. The normalized spacial score (nSPS) is 10.3. The molecule has 0 unspecified atom stereocenters. The maximum Gasteiger partial charge on any atom is 0.213 e. The van der Waals surface area contributed by atoms with Crippen LogP contribution in [0.2, 0.25) is 0 Å². The minimum atomic E-state index is 0.509. The van der Waals surface area contributed by atoms with Gasteiger partial charge in [0.15, 0.2) is 0 Å². The Morgan fingerprint density at radius 3 is 2.73 bits per heavy atom. The lowest BCUT2D eigenvalue weighted by Gasteiger charge is -2.07. The van der Waals surface area contributed by atoms with Gasteiger partial charge in [0.1, 0.15) is 0 Å². The molecule has 1 rings (SSSR count). The van der Waals surface area contributed by atoms with Gasteiger partial charge in [0.05, 0.1) is 6.61 Å². The second-order valence-corrected chi connectivity index (χ2v) is 3.85. The van der Waals surface area contributed by atoms with E-state index in [0.717, 1.165) is 24.3 Å². The van der Waals surface area contributed by atoms with Crippen LogP contribution in [-0.2, 0) is 5.88 Å². The zero-order valence-electron chi connectivity index (χ0n) is 9.42. The van der Waals surface area contributed by atoms with E-state index in [1.54, 1.807) is 0 Å². The lowest BCUT2D eigenvalue weighted by molar-refractivity contribution is 0.294. The number of alkyl halides is 1. The zero-order valence-corrected chi connectivity index (χ0v) is 10.2. The molecular weight excluding hydrogens is 210 g/mol. The molecule has 1 aromatic rings. The zero-order chi connectivity index (χ0) is 11.1. The third kappa shape index (κ3) is 4.08. The van der Waals surface area contributed by atoms with Crippen molar-refractivity contribution in [3.8, 4) is 5.88 Å². The molecule has 0 spiro atoms. The lowest BCUT2D eigenvalue weighted by atomic mass is 10.2. The molecule has 0 amide bonds. The average Bonchev–Trinajstić information content (AvgIpc) is 2.25. The Labute approximate surface area is 96.6 Å². The van der Waals surface area contributed by atoms with E-state index in [9.17, 15) is 0 Å².